The minimum Gasteiger partial charge on any atom is -0.481 e. The van der Waals surface area contributed by atoms with Crippen molar-refractivity contribution in [3.8, 4) is 0 Å². The molecule has 2 N–H and O–H groups in total. The lowest BCUT2D eigenvalue weighted by molar-refractivity contribution is -0.136. The van der Waals surface area contributed by atoms with E-state index in [9.17, 15) is 14.4 Å². The van der Waals surface area contributed by atoms with Crippen LogP contribution >= 0.6 is 11.8 Å². The number of hydrogen-bond donors (Lipinski definition) is 2. The number of thioether (sulfide) groups is 1. The number of rotatable bonds is 7. The first-order valence-corrected chi connectivity index (χ1v) is 7.43. The Labute approximate surface area is 129 Å². The van der Waals surface area contributed by atoms with Crippen LogP contribution < -0.4 is 5.56 Å². The largest absolute Gasteiger partial charge is 0.481 e. The number of aryl methyl sites for hydroxylation is 1. The number of carbonyl (C=O) groups is 2. The number of nitrogens with zero attached hydrogens (tertiary/aromatic N) is 2. The maximum Gasteiger partial charge on any atom is 0.303 e. The van der Waals surface area contributed by atoms with E-state index in [1.54, 1.807) is 24.3 Å². The first-order valence-electron chi connectivity index (χ1n) is 6.45. The zero-order valence-corrected chi connectivity index (χ0v) is 12.3. The monoisotopic (exact) mass is 319 g/mol. The maximum atomic E-state index is 11.9. The van der Waals surface area contributed by atoms with E-state index in [-0.39, 0.29) is 35.2 Å². The Morgan fingerprint density at radius 2 is 1.91 bits per heavy atom. The molecule has 22 heavy (non-hydrogen) atoms. The molecule has 0 amide bonds. The summed E-state index contributed by atoms with van der Waals surface area (Å²) in [5.74, 6) is -0.959. The van der Waals surface area contributed by atoms with Crippen LogP contribution in [0.1, 0.15) is 22.5 Å². The van der Waals surface area contributed by atoms with Crippen LogP contribution in [0, 0.1) is 0 Å². The lowest BCUT2D eigenvalue weighted by Crippen LogP contribution is -2.19. The number of hydrogen-bond acceptors (Lipinski definition) is 6. The number of H-pyrrole nitrogens is 1. The molecule has 2 aromatic rings. The highest BCUT2D eigenvalue weighted by atomic mass is 32.2. The Kier molecular flexibility index (Phi) is 5.42. The Hall–Kier alpha value is -2.48. The molecule has 0 aliphatic carbocycles. The van der Waals surface area contributed by atoms with Gasteiger partial charge in [-0.2, -0.15) is 0 Å². The van der Waals surface area contributed by atoms with Crippen LogP contribution in [0.3, 0.4) is 0 Å². The maximum absolute atomic E-state index is 11.9. The van der Waals surface area contributed by atoms with E-state index in [0.29, 0.717) is 5.56 Å². The van der Waals surface area contributed by atoms with Crippen molar-refractivity contribution < 1.29 is 14.7 Å². The van der Waals surface area contributed by atoms with Crippen LogP contribution in [-0.2, 0) is 11.2 Å². The van der Waals surface area contributed by atoms with Gasteiger partial charge in [0.1, 0.15) is 5.69 Å². The van der Waals surface area contributed by atoms with Crippen molar-refractivity contribution in [2.75, 3.05) is 5.75 Å². The molecule has 2 rings (SSSR count). The van der Waals surface area contributed by atoms with Crippen LogP contribution in [0.15, 0.2) is 40.3 Å². The van der Waals surface area contributed by atoms with Gasteiger partial charge in [-0.1, -0.05) is 42.1 Å². The topological polar surface area (TPSA) is 113 Å². The summed E-state index contributed by atoms with van der Waals surface area (Å²) in [6, 6.07) is 8.80. The summed E-state index contributed by atoms with van der Waals surface area (Å²) in [4.78, 5) is 36.6. The average Bonchev–Trinajstić information content (AvgIpc) is 2.52. The molecule has 0 spiro atoms. The second-order valence-corrected chi connectivity index (χ2v) is 5.34. The fourth-order valence-electron chi connectivity index (χ4n) is 1.64. The number of aliphatic carboxylic acids is 1. The summed E-state index contributed by atoms with van der Waals surface area (Å²) in [5, 5.41) is 16.3. The third-order valence-corrected chi connectivity index (χ3v) is 3.62. The zero-order valence-electron chi connectivity index (χ0n) is 11.5. The van der Waals surface area contributed by atoms with Gasteiger partial charge in [0.15, 0.2) is 10.9 Å². The second kappa shape index (κ2) is 7.51. The van der Waals surface area contributed by atoms with Crippen molar-refractivity contribution in [3.05, 3.63) is 51.9 Å². The fraction of sp³-hybridized carbons (Fsp3) is 0.214. The molecule has 0 unspecified atom stereocenters. The lowest BCUT2D eigenvalue weighted by atomic mass is 10.2. The number of aromatic amines is 1. The highest BCUT2D eigenvalue weighted by Crippen LogP contribution is 2.13. The van der Waals surface area contributed by atoms with E-state index >= 15 is 0 Å². The van der Waals surface area contributed by atoms with Crippen LogP contribution in [0.2, 0.25) is 0 Å². The number of ketones is 1. The highest BCUT2D eigenvalue weighted by Gasteiger charge is 2.10. The number of nitrogens with one attached hydrogen (secondary N) is 1. The van der Waals surface area contributed by atoms with E-state index in [0.717, 1.165) is 11.8 Å². The lowest BCUT2D eigenvalue weighted by Gasteiger charge is -2.01. The number of carbonyl (C=O) groups excluding carboxylic acids is 1. The SMILES string of the molecule is O=C(O)CCc1nnc(SCC(=O)c2ccccc2)[nH]c1=O. The van der Waals surface area contributed by atoms with E-state index in [2.05, 4.69) is 15.2 Å². The molecule has 0 atom stereocenters. The van der Waals surface area contributed by atoms with Crippen molar-refractivity contribution in [2.45, 2.75) is 18.0 Å². The molecular formula is C14H13N3O4S. The Morgan fingerprint density at radius 3 is 2.55 bits per heavy atom. The molecule has 1 aromatic heterocycles. The van der Waals surface area contributed by atoms with Crippen molar-refractivity contribution >= 4 is 23.5 Å². The molecule has 0 saturated heterocycles. The van der Waals surface area contributed by atoms with Gasteiger partial charge in [-0.15, -0.1) is 10.2 Å². The van der Waals surface area contributed by atoms with E-state index in [4.69, 9.17) is 5.11 Å². The molecule has 0 aliphatic heterocycles. The summed E-state index contributed by atoms with van der Waals surface area (Å²) in [5.41, 5.74) is 0.176. The fourth-order valence-corrected chi connectivity index (χ4v) is 2.34. The first kappa shape index (κ1) is 15.9. The van der Waals surface area contributed by atoms with Gasteiger partial charge in [0.25, 0.3) is 5.56 Å². The van der Waals surface area contributed by atoms with E-state index in [1.807, 2.05) is 6.07 Å². The number of aromatic nitrogens is 3. The molecular weight excluding hydrogens is 306 g/mol. The van der Waals surface area contributed by atoms with Gasteiger partial charge >= 0.3 is 5.97 Å². The minimum absolute atomic E-state index is 0.0194. The van der Waals surface area contributed by atoms with Gasteiger partial charge in [-0.25, -0.2) is 0 Å². The highest BCUT2D eigenvalue weighted by molar-refractivity contribution is 7.99. The summed E-state index contributed by atoms with van der Waals surface area (Å²) in [7, 11) is 0. The van der Waals surface area contributed by atoms with Crippen molar-refractivity contribution in [1.82, 2.24) is 15.2 Å². The van der Waals surface area contributed by atoms with Gasteiger partial charge in [0.2, 0.25) is 0 Å². The van der Waals surface area contributed by atoms with Crippen molar-refractivity contribution in [1.29, 1.82) is 0 Å². The Morgan fingerprint density at radius 1 is 1.18 bits per heavy atom. The van der Waals surface area contributed by atoms with Crippen LogP contribution in [0.5, 0.6) is 0 Å². The molecule has 0 aliphatic rings. The van der Waals surface area contributed by atoms with Gasteiger partial charge in [-0.05, 0) is 0 Å². The number of benzene rings is 1. The van der Waals surface area contributed by atoms with Gasteiger partial charge in [0.05, 0.1) is 12.2 Å². The zero-order chi connectivity index (χ0) is 15.9. The first-order chi connectivity index (χ1) is 10.6. The Bertz CT molecular complexity index is 730. The Balaban J connectivity index is 1.96. The molecule has 0 fully saturated rings. The molecule has 1 heterocycles. The average molecular weight is 319 g/mol. The standard InChI is InChI=1S/C14H13N3O4S/c18-11(9-4-2-1-3-5-9)8-22-14-15-13(21)10(16-17-14)6-7-12(19)20/h1-5H,6-8H2,(H,19,20)(H,15,17,21). The van der Waals surface area contributed by atoms with Crippen molar-refractivity contribution in [3.63, 3.8) is 0 Å². The summed E-state index contributed by atoms with van der Waals surface area (Å²) >= 11 is 1.08. The number of Topliss-reactive ketones (excluding diaryl/α,β-unsaturated/α-hetero) is 1. The minimum atomic E-state index is -1.01. The van der Waals surface area contributed by atoms with Crippen molar-refractivity contribution in [2.24, 2.45) is 0 Å². The predicted molar refractivity (Wildman–Crippen MR) is 80.1 cm³/mol. The number of carboxylic acids is 1. The van der Waals surface area contributed by atoms with Crippen LogP contribution in [0.25, 0.3) is 0 Å². The third kappa shape index (κ3) is 4.52. The van der Waals surface area contributed by atoms with Gasteiger partial charge < -0.3 is 5.11 Å². The van der Waals surface area contributed by atoms with E-state index < -0.39 is 11.5 Å². The molecule has 0 bridgehead atoms. The molecule has 1 aromatic carbocycles. The van der Waals surface area contributed by atoms with Crippen LogP contribution in [-0.4, -0.2) is 37.8 Å². The summed E-state index contributed by atoms with van der Waals surface area (Å²) in [6.07, 6.45) is -0.164. The molecule has 7 nitrogen and oxygen atoms in total. The summed E-state index contributed by atoms with van der Waals surface area (Å²) in [6.45, 7) is 0. The van der Waals surface area contributed by atoms with Crippen LogP contribution in [0.4, 0.5) is 0 Å². The molecule has 114 valence electrons. The van der Waals surface area contributed by atoms with Gasteiger partial charge in [-0.3, -0.25) is 19.4 Å². The second-order valence-electron chi connectivity index (χ2n) is 4.38. The summed E-state index contributed by atoms with van der Waals surface area (Å²) < 4.78 is 0. The molecule has 0 saturated carbocycles. The molecule has 8 heteroatoms. The quantitative estimate of drug-likeness (QED) is 0.581. The predicted octanol–water partition coefficient (Wildman–Crippen LogP) is 1.16. The normalized spacial score (nSPS) is 10.4. The number of carboxylic acid groups (broad SMARTS) is 1. The molecule has 0 radical (unpaired) electrons. The van der Waals surface area contributed by atoms with Gasteiger partial charge in [0, 0.05) is 12.0 Å². The third-order valence-electron chi connectivity index (χ3n) is 2.76. The smallest absolute Gasteiger partial charge is 0.303 e. The van der Waals surface area contributed by atoms with E-state index in [1.165, 1.54) is 0 Å².